The van der Waals surface area contributed by atoms with E-state index >= 15 is 0 Å². The minimum atomic E-state index is -0.269. The number of likely N-dealkylation sites (tertiary alicyclic amines) is 1. The van der Waals surface area contributed by atoms with E-state index in [4.69, 9.17) is 0 Å². The Morgan fingerprint density at radius 2 is 1.96 bits per heavy atom. The lowest BCUT2D eigenvalue weighted by Crippen LogP contribution is -2.40. The van der Waals surface area contributed by atoms with Crippen LogP contribution < -0.4 is 0 Å². The molecule has 1 aromatic carbocycles. The number of aliphatic hydroxyl groups is 1. The van der Waals surface area contributed by atoms with Gasteiger partial charge in [-0.05, 0) is 31.2 Å². The van der Waals surface area contributed by atoms with Gasteiger partial charge in [0.05, 0.1) is 5.57 Å². The zero-order chi connectivity index (χ0) is 18.0. The molecule has 25 heavy (non-hydrogen) atoms. The smallest absolute Gasteiger partial charge is 0.278 e. The Labute approximate surface area is 148 Å². The molecule has 0 aromatic heterocycles. The fourth-order valence-corrected chi connectivity index (χ4v) is 3.55. The van der Waals surface area contributed by atoms with E-state index in [0.29, 0.717) is 17.8 Å². The van der Waals surface area contributed by atoms with E-state index in [1.165, 1.54) is 4.90 Å². The summed E-state index contributed by atoms with van der Waals surface area (Å²) in [5, 5.41) is 9.50. The third-order valence-corrected chi connectivity index (χ3v) is 4.89. The third-order valence-electron chi connectivity index (χ3n) is 4.89. The molecule has 1 aromatic rings. The molecule has 2 aliphatic rings. The molecule has 0 radical (unpaired) electrons. The highest BCUT2D eigenvalue weighted by Gasteiger charge is 2.41. The van der Waals surface area contributed by atoms with Crippen LogP contribution in [0.25, 0.3) is 5.57 Å². The van der Waals surface area contributed by atoms with E-state index < -0.39 is 0 Å². The van der Waals surface area contributed by atoms with Crippen molar-refractivity contribution in [1.29, 1.82) is 0 Å². The summed E-state index contributed by atoms with van der Waals surface area (Å²) in [5.74, 6) is -0.397. The molecule has 3 rings (SSSR count). The van der Waals surface area contributed by atoms with Gasteiger partial charge in [0.15, 0.2) is 0 Å². The SMILES string of the molecule is C=CCN1C(=O)C(c2ccc(C)cc2)=C(N2CCCC(CO)C2)C1=O. The third kappa shape index (κ3) is 3.24. The summed E-state index contributed by atoms with van der Waals surface area (Å²) in [6.45, 7) is 7.27. The zero-order valence-corrected chi connectivity index (χ0v) is 14.6. The Bertz CT molecular complexity index is 721. The van der Waals surface area contributed by atoms with E-state index in [2.05, 4.69) is 6.58 Å². The monoisotopic (exact) mass is 340 g/mol. The predicted octanol–water partition coefficient (Wildman–Crippen LogP) is 1.97. The normalized spacial score (nSPS) is 21.3. The van der Waals surface area contributed by atoms with Crippen molar-refractivity contribution < 1.29 is 14.7 Å². The molecule has 5 nitrogen and oxygen atoms in total. The molecule has 1 saturated heterocycles. The van der Waals surface area contributed by atoms with Gasteiger partial charge in [-0.2, -0.15) is 0 Å². The van der Waals surface area contributed by atoms with E-state index in [0.717, 1.165) is 30.5 Å². The first-order valence-corrected chi connectivity index (χ1v) is 8.71. The van der Waals surface area contributed by atoms with Crippen molar-refractivity contribution in [2.75, 3.05) is 26.2 Å². The molecule has 0 saturated carbocycles. The molecule has 2 aliphatic heterocycles. The van der Waals surface area contributed by atoms with E-state index in [1.807, 2.05) is 36.1 Å². The fourth-order valence-electron chi connectivity index (χ4n) is 3.55. The van der Waals surface area contributed by atoms with Crippen molar-refractivity contribution in [3.63, 3.8) is 0 Å². The molecule has 5 heteroatoms. The van der Waals surface area contributed by atoms with Crippen LogP contribution in [0.2, 0.25) is 0 Å². The molecule has 132 valence electrons. The second-order valence-corrected chi connectivity index (χ2v) is 6.74. The summed E-state index contributed by atoms with van der Waals surface area (Å²) in [6, 6.07) is 7.67. The Morgan fingerprint density at radius 1 is 1.24 bits per heavy atom. The van der Waals surface area contributed by atoms with Gasteiger partial charge in [-0.1, -0.05) is 35.9 Å². The summed E-state index contributed by atoms with van der Waals surface area (Å²) in [6.07, 6.45) is 3.41. The largest absolute Gasteiger partial charge is 0.396 e. The lowest BCUT2D eigenvalue weighted by Gasteiger charge is -2.34. The van der Waals surface area contributed by atoms with Gasteiger partial charge in [-0.25, -0.2) is 0 Å². The number of nitrogens with zero attached hydrogens (tertiary/aromatic N) is 2. The van der Waals surface area contributed by atoms with Gasteiger partial charge in [0, 0.05) is 26.2 Å². The number of carbonyl (C=O) groups is 2. The molecule has 1 atom stereocenters. The first-order chi connectivity index (χ1) is 12.1. The number of amides is 2. The van der Waals surface area contributed by atoms with Gasteiger partial charge in [-0.3, -0.25) is 14.5 Å². The summed E-state index contributed by atoms with van der Waals surface area (Å²) in [7, 11) is 0. The minimum absolute atomic E-state index is 0.0994. The van der Waals surface area contributed by atoms with Crippen LogP contribution >= 0.6 is 0 Å². The van der Waals surface area contributed by atoms with E-state index in [9.17, 15) is 14.7 Å². The van der Waals surface area contributed by atoms with Crippen LogP contribution in [-0.2, 0) is 9.59 Å². The number of hydrogen-bond acceptors (Lipinski definition) is 4. The molecular weight excluding hydrogens is 316 g/mol. The lowest BCUT2D eigenvalue weighted by molar-refractivity contribution is -0.137. The van der Waals surface area contributed by atoms with Crippen LogP contribution in [0, 0.1) is 12.8 Å². The van der Waals surface area contributed by atoms with Crippen molar-refractivity contribution in [2.45, 2.75) is 19.8 Å². The van der Waals surface area contributed by atoms with Gasteiger partial charge < -0.3 is 10.0 Å². The number of hydrogen-bond donors (Lipinski definition) is 1. The minimum Gasteiger partial charge on any atom is -0.396 e. The van der Waals surface area contributed by atoms with Gasteiger partial charge >= 0.3 is 0 Å². The molecular formula is C20H24N2O3. The average Bonchev–Trinajstić information content (AvgIpc) is 2.87. The molecule has 0 aliphatic carbocycles. The summed E-state index contributed by atoms with van der Waals surface area (Å²) < 4.78 is 0. The lowest BCUT2D eigenvalue weighted by atomic mass is 9.96. The molecule has 1 N–H and O–H groups in total. The highest BCUT2D eigenvalue weighted by atomic mass is 16.3. The van der Waals surface area contributed by atoms with Crippen molar-refractivity contribution in [3.8, 4) is 0 Å². The quantitative estimate of drug-likeness (QED) is 0.658. The van der Waals surface area contributed by atoms with Gasteiger partial charge in [0.1, 0.15) is 5.70 Å². The first-order valence-electron chi connectivity index (χ1n) is 8.71. The molecule has 1 unspecified atom stereocenters. The highest BCUT2D eigenvalue weighted by Crippen LogP contribution is 2.33. The van der Waals surface area contributed by atoms with Crippen molar-refractivity contribution >= 4 is 17.4 Å². The number of rotatable bonds is 5. The van der Waals surface area contributed by atoms with Crippen molar-refractivity contribution in [1.82, 2.24) is 9.80 Å². The van der Waals surface area contributed by atoms with Crippen LogP contribution in [0.3, 0.4) is 0 Å². The number of carbonyl (C=O) groups excluding carboxylic acids is 2. The number of aliphatic hydroxyl groups excluding tert-OH is 1. The topological polar surface area (TPSA) is 60.9 Å². The number of benzene rings is 1. The average molecular weight is 340 g/mol. The van der Waals surface area contributed by atoms with Crippen molar-refractivity contribution in [2.24, 2.45) is 5.92 Å². The van der Waals surface area contributed by atoms with Gasteiger partial charge in [-0.15, -0.1) is 6.58 Å². The molecule has 0 bridgehead atoms. The second-order valence-electron chi connectivity index (χ2n) is 6.74. The summed E-state index contributed by atoms with van der Waals surface area (Å²) >= 11 is 0. The number of piperidine rings is 1. The fraction of sp³-hybridized carbons (Fsp3) is 0.400. The Morgan fingerprint density at radius 3 is 2.60 bits per heavy atom. The summed E-state index contributed by atoms with van der Waals surface area (Å²) in [5.41, 5.74) is 2.79. The predicted molar refractivity (Wildman–Crippen MR) is 96.4 cm³/mol. The molecule has 2 amide bonds. The highest BCUT2D eigenvalue weighted by molar-refractivity contribution is 6.35. The molecule has 0 spiro atoms. The summed E-state index contributed by atoms with van der Waals surface area (Å²) in [4.78, 5) is 29.1. The van der Waals surface area contributed by atoms with Gasteiger partial charge in [0.25, 0.3) is 11.8 Å². The molecule has 1 fully saturated rings. The number of aryl methyl sites for hydroxylation is 1. The van der Waals surface area contributed by atoms with Crippen molar-refractivity contribution in [3.05, 3.63) is 53.7 Å². The van der Waals surface area contributed by atoms with E-state index in [-0.39, 0.29) is 30.9 Å². The van der Waals surface area contributed by atoms with Gasteiger partial charge in [0.2, 0.25) is 0 Å². The Hall–Kier alpha value is -2.40. The maximum atomic E-state index is 12.9. The van der Waals surface area contributed by atoms with Crippen LogP contribution in [-0.4, -0.2) is 53.0 Å². The van der Waals surface area contributed by atoms with Crippen LogP contribution in [0.1, 0.15) is 24.0 Å². The maximum absolute atomic E-state index is 12.9. The van der Waals surface area contributed by atoms with Crippen LogP contribution in [0.4, 0.5) is 0 Å². The van der Waals surface area contributed by atoms with Crippen LogP contribution in [0.5, 0.6) is 0 Å². The number of imide groups is 1. The van der Waals surface area contributed by atoms with Crippen LogP contribution in [0.15, 0.2) is 42.6 Å². The Balaban J connectivity index is 2.05. The molecule has 2 heterocycles. The maximum Gasteiger partial charge on any atom is 0.278 e. The Kier molecular flexibility index (Phi) is 5.04. The van der Waals surface area contributed by atoms with E-state index in [1.54, 1.807) is 6.08 Å². The first kappa shape index (κ1) is 17.4. The zero-order valence-electron chi connectivity index (χ0n) is 14.6. The second kappa shape index (κ2) is 7.23. The standard InChI is InChI=1S/C20H24N2O3/c1-3-10-22-19(24)17(16-8-6-14(2)7-9-16)18(20(22)25)21-11-4-5-15(12-21)13-23/h3,6-9,15,23H,1,4-5,10-13H2,2H3.